The van der Waals surface area contributed by atoms with Gasteiger partial charge in [-0.05, 0) is 67.8 Å². The van der Waals surface area contributed by atoms with Crippen LogP contribution in [0.2, 0.25) is 0 Å². The van der Waals surface area contributed by atoms with E-state index >= 15 is 0 Å². The number of carbonyl (C=O) groups is 1. The average Bonchev–Trinajstić information content (AvgIpc) is 3.33. The number of amides is 1. The topological polar surface area (TPSA) is 100.0 Å². The summed E-state index contributed by atoms with van der Waals surface area (Å²) in [4.78, 5) is 20.0. The predicted octanol–water partition coefficient (Wildman–Crippen LogP) is 3.98. The minimum absolute atomic E-state index is 0.0386. The van der Waals surface area contributed by atoms with Gasteiger partial charge in [0, 0.05) is 39.1 Å². The number of aryl methyl sites for hydroxylation is 1. The van der Waals surface area contributed by atoms with E-state index < -0.39 is 17.2 Å². The Labute approximate surface area is 213 Å². The van der Waals surface area contributed by atoms with E-state index in [4.69, 9.17) is 5.73 Å². The van der Waals surface area contributed by atoms with Gasteiger partial charge in [0.2, 0.25) is 5.91 Å². The molecule has 37 heavy (non-hydrogen) atoms. The third-order valence-electron chi connectivity index (χ3n) is 7.03. The molecule has 10 heteroatoms. The van der Waals surface area contributed by atoms with E-state index in [1.165, 1.54) is 6.07 Å². The number of anilines is 1. The second kappa shape index (κ2) is 10.6. The molecule has 0 saturated carbocycles. The van der Waals surface area contributed by atoms with Crippen molar-refractivity contribution in [3.63, 3.8) is 0 Å². The fourth-order valence-corrected chi connectivity index (χ4v) is 4.88. The van der Waals surface area contributed by atoms with Crippen LogP contribution in [0.4, 0.5) is 18.9 Å². The number of halogens is 3. The van der Waals surface area contributed by atoms with E-state index in [9.17, 15) is 23.2 Å². The number of piperidine rings is 1. The molecular weight excluding hydrogens is 481 g/mol. The van der Waals surface area contributed by atoms with Crippen LogP contribution in [0.5, 0.6) is 0 Å². The molecule has 3 aromatic rings. The molecule has 0 spiro atoms. The van der Waals surface area contributed by atoms with Crippen LogP contribution in [-0.4, -0.2) is 41.6 Å². The molecular formula is C27H29F3N6O. The number of nitriles is 1. The van der Waals surface area contributed by atoms with Crippen LogP contribution in [-0.2, 0) is 23.4 Å². The fraction of sp³-hybridized carbons (Fsp3) is 0.370. The van der Waals surface area contributed by atoms with Crippen molar-refractivity contribution in [1.29, 1.82) is 5.26 Å². The molecule has 194 valence electrons. The number of alkyl halides is 3. The zero-order valence-electron chi connectivity index (χ0n) is 20.6. The van der Waals surface area contributed by atoms with Crippen molar-refractivity contribution < 1.29 is 18.0 Å². The number of nitrogens with zero attached hydrogens (tertiary/aromatic N) is 4. The maximum absolute atomic E-state index is 13.5. The first-order chi connectivity index (χ1) is 17.7. The van der Waals surface area contributed by atoms with Gasteiger partial charge in [0.05, 0.1) is 33.6 Å². The lowest BCUT2D eigenvalue weighted by atomic mass is 9.72. The number of hydrogen-bond donors (Lipinski definition) is 2. The van der Waals surface area contributed by atoms with E-state index in [0.717, 1.165) is 29.1 Å². The first kappa shape index (κ1) is 26.2. The number of hydrogen-bond acceptors (Lipinski definition) is 5. The molecule has 0 atom stereocenters. The highest BCUT2D eigenvalue weighted by atomic mass is 19.4. The minimum Gasteiger partial charge on any atom is -0.370 e. The number of benzene rings is 1. The molecule has 1 fully saturated rings. The Bertz CT molecular complexity index is 1280. The van der Waals surface area contributed by atoms with Gasteiger partial charge in [0.15, 0.2) is 0 Å². The maximum atomic E-state index is 13.5. The van der Waals surface area contributed by atoms with Gasteiger partial charge >= 0.3 is 6.18 Å². The zero-order valence-corrected chi connectivity index (χ0v) is 20.6. The maximum Gasteiger partial charge on any atom is 0.416 e. The van der Waals surface area contributed by atoms with Gasteiger partial charge in [-0.1, -0.05) is 6.07 Å². The normalized spacial score (nSPS) is 15.3. The van der Waals surface area contributed by atoms with Crippen LogP contribution in [0.25, 0.3) is 11.4 Å². The van der Waals surface area contributed by atoms with Crippen molar-refractivity contribution in [3.8, 4) is 17.5 Å². The molecule has 7 nitrogen and oxygen atoms in total. The minimum atomic E-state index is -4.53. The lowest BCUT2D eigenvalue weighted by Gasteiger charge is -2.42. The summed E-state index contributed by atoms with van der Waals surface area (Å²) in [5.41, 5.74) is 6.80. The fourth-order valence-electron chi connectivity index (χ4n) is 4.88. The van der Waals surface area contributed by atoms with Gasteiger partial charge in [0.25, 0.3) is 0 Å². The summed E-state index contributed by atoms with van der Waals surface area (Å²) < 4.78 is 41.4. The van der Waals surface area contributed by atoms with Crippen LogP contribution in [0.15, 0.2) is 54.9 Å². The Morgan fingerprint density at radius 2 is 1.97 bits per heavy atom. The SMILES string of the molecule is Cn1cccc1-c1ccc(C2(C(=O)NCCCN)CCN(c3ccc(C(F)(F)F)cc3C#N)CC2)cn1. The van der Waals surface area contributed by atoms with Gasteiger partial charge in [-0.25, -0.2) is 0 Å². The molecule has 3 N–H and O–H groups in total. The second-order valence-electron chi connectivity index (χ2n) is 9.25. The Morgan fingerprint density at radius 1 is 1.22 bits per heavy atom. The van der Waals surface area contributed by atoms with E-state index in [1.807, 2.05) is 53.0 Å². The molecule has 0 unspecified atom stereocenters. The average molecular weight is 511 g/mol. The standard InChI is InChI=1S/C27H29F3N6O/c1-35-13-2-4-24(35)22-7-5-21(18-34-22)26(25(37)33-12-3-11-31)9-14-36(15-10-26)23-8-6-20(27(28,29)30)16-19(23)17-32/h2,4-8,13,16,18H,3,9-12,14-15,31H2,1H3,(H,33,37). The van der Waals surface area contributed by atoms with Crippen molar-refractivity contribution in [1.82, 2.24) is 14.9 Å². The van der Waals surface area contributed by atoms with Crippen LogP contribution in [0.3, 0.4) is 0 Å². The van der Waals surface area contributed by atoms with Crippen molar-refractivity contribution in [2.24, 2.45) is 12.8 Å². The highest BCUT2D eigenvalue weighted by Gasteiger charge is 2.43. The lowest BCUT2D eigenvalue weighted by Crippen LogP contribution is -2.52. The molecule has 1 aromatic carbocycles. The zero-order chi connectivity index (χ0) is 26.6. The van der Waals surface area contributed by atoms with Gasteiger partial charge in [-0.3, -0.25) is 9.78 Å². The molecule has 4 rings (SSSR count). The van der Waals surface area contributed by atoms with Gasteiger partial charge < -0.3 is 20.5 Å². The van der Waals surface area contributed by atoms with Crippen molar-refractivity contribution >= 4 is 11.6 Å². The Kier molecular flexibility index (Phi) is 7.55. The second-order valence-corrected chi connectivity index (χ2v) is 9.25. The Morgan fingerprint density at radius 3 is 2.54 bits per heavy atom. The van der Waals surface area contributed by atoms with Crippen LogP contribution < -0.4 is 16.0 Å². The van der Waals surface area contributed by atoms with Crippen molar-refractivity contribution in [2.45, 2.75) is 30.9 Å². The summed E-state index contributed by atoms with van der Waals surface area (Å²) in [5.74, 6) is -0.123. The van der Waals surface area contributed by atoms with E-state index in [-0.39, 0.29) is 11.5 Å². The van der Waals surface area contributed by atoms with Crippen LogP contribution in [0.1, 0.15) is 36.0 Å². The Balaban J connectivity index is 1.61. The molecule has 0 radical (unpaired) electrons. The van der Waals surface area contributed by atoms with Crippen molar-refractivity contribution in [3.05, 3.63) is 71.5 Å². The summed E-state index contributed by atoms with van der Waals surface area (Å²) in [5, 5.41) is 12.5. The predicted molar refractivity (Wildman–Crippen MR) is 135 cm³/mol. The molecule has 0 aliphatic carbocycles. The summed E-state index contributed by atoms with van der Waals surface area (Å²) in [6.45, 7) is 1.69. The van der Waals surface area contributed by atoms with Gasteiger partial charge in [0.1, 0.15) is 6.07 Å². The summed E-state index contributed by atoms with van der Waals surface area (Å²) in [6.07, 6.45) is 0.622. The highest BCUT2D eigenvalue weighted by Crippen LogP contribution is 2.39. The molecule has 1 aliphatic rings. The summed E-state index contributed by atoms with van der Waals surface area (Å²) >= 11 is 0. The van der Waals surface area contributed by atoms with Gasteiger partial charge in [-0.2, -0.15) is 18.4 Å². The Hall–Kier alpha value is -3.84. The smallest absolute Gasteiger partial charge is 0.370 e. The number of aromatic nitrogens is 2. The third kappa shape index (κ3) is 5.32. The molecule has 0 bridgehead atoms. The summed E-state index contributed by atoms with van der Waals surface area (Å²) in [7, 11) is 1.93. The number of nitrogens with two attached hydrogens (primary N) is 1. The lowest BCUT2D eigenvalue weighted by molar-refractivity contribution is -0.137. The first-order valence-corrected chi connectivity index (χ1v) is 12.1. The van der Waals surface area contributed by atoms with Crippen LogP contribution >= 0.6 is 0 Å². The van der Waals surface area contributed by atoms with E-state index in [0.29, 0.717) is 51.1 Å². The highest BCUT2D eigenvalue weighted by molar-refractivity contribution is 5.88. The third-order valence-corrected chi connectivity index (χ3v) is 7.03. The molecule has 3 heterocycles. The van der Waals surface area contributed by atoms with Crippen LogP contribution in [0, 0.1) is 11.3 Å². The van der Waals surface area contributed by atoms with Gasteiger partial charge in [-0.15, -0.1) is 0 Å². The molecule has 1 amide bonds. The quantitative estimate of drug-likeness (QED) is 0.469. The van der Waals surface area contributed by atoms with E-state index in [1.54, 1.807) is 6.20 Å². The van der Waals surface area contributed by atoms with E-state index in [2.05, 4.69) is 10.3 Å². The number of pyridine rings is 1. The molecule has 1 saturated heterocycles. The monoisotopic (exact) mass is 510 g/mol. The number of rotatable bonds is 7. The number of carbonyl (C=O) groups excluding carboxylic acids is 1. The first-order valence-electron chi connectivity index (χ1n) is 12.1. The largest absolute Gasteiger partial charge is 0.416 e. The number of nitrogens with one attached hydrogen (secondary N) is 1. The summed E-state index contributed by atoms with van der Waals surface area (Å²) in [6, 6.07) is 12.8. The molecule has 2 aromatic heterocycles. The van der Waals surface area contributed by atoms with Crippen molar-refractivity contribution in [2.75, 3.05) is 31.1 Å². The molecule has 1 aliphatic heterocycles.